The van der Waals surface area contributed by atoms with Crippen LogP contribution >= 0.6 is 0 Å². The van der Waals surface area contributed by atoms with E-state index < -0.39 is 28.0 Å². The third-order valence-electron chi connectivity index (χ3n) is 13.9. The van der Waals surface area contributed by atoms with E-state index >= 15 is 0 Å². The van der Waals surface area contributed by atoms with E-state index in [0.29, 0.717) is 7.35 Å². The van der Waals surface area contributed by atoms with Crippen LogP contribution in [0.5, 0.6) is 0 Å². The van der Waals surface area contributed by atoms with Crippen LogP contribution in [0.2, 0.25) is 21.4 Å². The van der Waals surface area contributed by atoms with Crippen molar-refractivity contribution in [2.24, 2.45) is 0 Å². The Bertz CT molecular complexity index is 1990. The predicted molar refractivity (Wildman–Crippen MR) is 238 cm³/mol. The number of benzene rings is 4. The van der Waals surface area contributed by atoms with Crippen LogP contribution in [0, 0.1) is 0 Å². The molecular weight excluding hydrogens is 831 g/mol. The topological polar surface area (TPSA) is 0 Å². The molecule has 2 atom stereocenters. The fraction of sp³-hybridized carbons (Fsp3) is 0.462. The Kier molecular flexibility index (Phi) is 9.54. The van der Waals surface area contributed by atoms with Gasteiger partial charge in [-0.05, 0) is 0 Å². The Morgan fingerprint density at radius 3 is 1.07 bits per heavy atom. The molecule has 2 aliphatic carbocycles. The van der Waals surface area contributed by atoms with E-state index in [1.807, 2.05) is 10.4 Å². The SMILES string of the molecule is CC[Si]1(CC)C2=Cc3c(-c4cc(C(C)(C)C)cc(C(C)(C)C)c4)cccc3[CH]2[Hf]([CH3])([CH3])[CH]2C1=Cc1c(-c3cc(C(C)(C)C)cc(C(C)(C)C)c3)cccc12. The van der Waals surface area contributed by atoms with Crippen LogP contribution in [0.25, 0.3) is 34.4 Å². The summed E-state index contributed by atoms with van der Waals surface area (Å²) >= 11 is -3.20. The van der Waals surface area contributed by atoms with E-state index in [1.165, 1.54) is 56.6 Å². The van der Waals surface area contributed by atoms with Gasteiger partial charge in [0.05, 0.1) is 0 Å². The van der Waals surface area contributed by atoms with Crippen LogP contribution < -0.4 is 0 Å². The number of hydrogen-bond acceptors (Lipinski definition) is 0. The maximum atomic E-state index is 2.83. The van der Waals surface area contributed by atoms with Gasteiger partial charge in [-0.1, -0.05) is 0 Å². The van der Waals surface area contributed by atoms with Crippen molar-refractivity contribution in [1.82, 2.24) is 0 Å². The van der Waals surface area contributed by atoms with Crippen molar-refractivity contribution >= 4 is 20.2 Å². The Morgan fingerprint density at radius 2 is 0.796 bits per heavy atom. The van der Waals surface area contributed by atoms with Gasteiger partial charge in [0.15, 0.2) is 0 Å². The average molecular weight is 900 g/mol. The van der Waals surface area contributed by atoms with Gasteiger partial charge in [-0.25, -0.2) is 0 Å². The molecule has 2 unspecified atom stereocenters. The zero-order chi connectivity index (χ0) is 39.6. The summed E-state index contributed by atoms with van der Waals surface area (Å²) < 4.78 is 6.93. The number of allylic oxidation sites excluding steroid dienone is 2. The Balaban J connectivity index is 1.45. The molecule has 0 amide bonds. The second-order valence-electron chi connectivity index (χ2n) is 21.9. The van der Waals surface area contributed by atoms with E-state index in [9.17, 15) is 0 Å². The second kappa shape index (κ2) is 13.0. The fourth-order valence-electron chi connectivity index (χ4n) is 10.4. The molecule has 7 rings (SSSR count). The van der Waals surface area contributed by atoms with E-state index in [4.69, 9.17) is 0 Å². The molecule has 0 radical (unpaired) electrons. The Hall–Kier alpha value is -2.55. The van der Waals surface area contributed by atoms with Gasteiger partial charge >= 0.3 is 338 Å². The normalized spacial score (nSPS) is 20.1. The summed E-state index contributed by atoms with van der Waals surface area (Å²) in [6, 6.07) is 32.3. The molecule has 0 spiro atoms. The zero-order valence-electron chi connectivity index (χ0n) is 36.7. The van der Waals surface area contributed by atoms with Crippen molar-refractivity contribution in [3.63, 3.8) is 0 Å². The molecule has 54 heavy (non-hydrogen) atoms. The molecule has 4 aromatic carbocycles. The van der Waals surface area contributed by atoms with Crippen LogP contribution in [-0.2, 0) is 41.6 Å². The molecule has 0 N–H and O–H groups in total. The van der Waals surface area contributed by atoms with Crippen molar-refractivity contribution in [2.45, 2.75) is 147 Å². The summed E-state index contributed by atoms with van der Waals surface area (Å²) in [7, 11) is -2.01. The Labute approximate surface area is 335 Å². The van der Waals surface area contributed by atoms with Gasteiger partial charge in [-0.3, -0.25) is 0 Å². The summed E-state index contributed by atoms with van der Waals surface area (Å²) in [5, 5.41) is 3.76. The molecule has 1 aliphatic heterocycles. The summed E-state index contributed by atoms with van der Waals surface area (Å²) in [5.74, 6) is 0. The van der Waals surface area contributed by atoms with Gasteiger partial charge in [0, 0.05) is 0 Å². The third-order valence-corrected chi connectivity index (χ3v) is 36.6. The zero-order valence-corrected chi connectivity index (χ0v) is 41.2. The average Bonchev–Trinajstić information content (AvgIpc) is 3.68. The Morgan fingerprint density at radius 1 is 0.481 bits per heavy atom. The van der Waals surface area contributed by atoms with Crippen molar-refractivity contribution in [3.8, 4) is 22.3 Å². The molecule has 0 bridgehead atoms. The summed E-state index contributed by atoms with van der Waals surface area (Å²) in [6.07, 6.45) is 5.58. The summed E-state index contributed by atoms with van der Waals surface area (Å²) in [5.41, 5.74) is 18.2. The van der Waals surface area contributed by atoms with Gasteiger partial charge < -0.3 is 0 Å². The van der Waals surface area contributed by atoms with Crippen LogP contribution in [-0.4, -0.2) is 8.07 Å². The van der Waals surface area contributed by atoms with Crippen molar-refractivity contribution in [2.75, 3.05) is 0 Å². The molecule has 284 valence electrons. The van der Waals surface area contributed by atoms with Crippen LogP contribution in [0.15, 0.2) is 83.2 Å². The minimum absolute atomic E-state index is 0.0878. The number of hydrogen-bond donors (Lipinski definition) is 0. The summed E-state index contributed by atoms with van der Waals surface area (Å²) in [6.45, 7) is 33.5. The standard InChI is InChI=1S/C50H62Si.2CH3.Hf/c1-15-51(16-2,41-27-33-19-17-21-43(45(33)31-41)35-23-37(47(3,4)5)29-38(24-35)48(6,7)8)42-28-34-20-18-22-44(46(34)32-42)36-25-39(49(9,10)11)30-40(26-36)50(12,13)14;;;/h17-32H,15-16H2,1-14H3;2*1H3;. The molecule has 2 heteroatoms. The number of fused-ring (bicyclic) bond motifs is 6. The van der Waals surface area contributed by atoms with E-state index in [0.717, 1.165) is 0 Å². The molecule has 3 aliphatic rings. The van der Waals surface area contributed by atoms with Gasteiger partial charge in [0.2, 0.25) is 0 Å². The first kappa shape index (κ1) is 39.7. The van der Waals surface area contributed by atoms with E-state index in [-0.39, 0.29) is 21.7 Å². The third kappa shape index (κ3) is 6.33. The molecule has 4 aromatic rings. The van der Waals surface area contributed by atoms with Crippen LogP contribution in [0.4, 0.5) is 0 Å². The molecular formula is C52H68HfSi. The summed E-state index contributed by atoms with van der Waals surface area (Å²) in [4.78, 5) is 0. The molecule has 0 aromatic heterocycles. The first-order valence-corrected chi connectivity index (χ1v) is 34.7. The first-order valence-electron chi connectivity index (χ1n) is 21.0. The fourth-order valence-corrected chi connectivity index (χ4v) is 42.3. The molecule has 1 saturated heterocycles. The van der Waals surface area contributed by atoms with Crippen molar-refractivity contribution in [3.05, 3.63) is 128 Å². The minimum atomic E-state index is -3.20. The molecule has 1 heterocycles. The van der Waals surface area contributed by atoms with Gasteiger partial charge in [0.1, 0.15) is 0 Å². The van der Waals surface area contributed by atoms with Crippen LogP contribution in [0.3, 0.4) is 0 Å². The van der Waals surface area contributed by atoms with Crippen molar-refractivity contribution < 1.29 is 20.0 Å². The molecule has 1 fully saturated rings. The molecule has 0 nitrogen and oxygen atoms in total. The quantitative estimate of drug-likeness (QED) is 0.179. The predicted octanol–water partition coefficient (Wildman–Crippen LogP) is 15.6. The number of rotatable bonds is 4. The van der Waals surface area contributed by atoms with Gasteiger partial charge in [-0.15, -0.1) is 0 Å². The van der Waals surface area contributed by atoms with Crippen molar-refractivity contribution in [1.29, 1.82) is 0 Å². The molecule has 0 saturated carbocycles. The van der Waals surface area contributed by atoms with E-state index in [2.05, 4.69) is 191 Å². The first-order chi connectivity index (χ1) is 24.9. The van der Waals surface area contributed by atoms with Gasteiger partial charge in [0.25, 0.3) is 0 Å². The monoisotopic (exact) mass is 900 g/mol. The second-order valence-corrected chi connectivity index (χ2v) is 43.9. The van der Waals surface area contributed by atoms with Gasteiger partial charge in [-0.2, -0.15) is 0 Å². The van der Waals surface area contributed by atoms with Crippen LogP contribution in [0.1, 0.15) is 149 Å². The van der Waals surface area contributed by atoms with E-state index in [1.54, 1.807) is 22.3 Å². The maximum absolute atomic E-state index is 3.20.